The molecule has 2 saturated carbocycles. The predicted octanol–water partition coefficient (Wildman–Crippen LogP) is 5.73. The molecule has 0 nitrogen and oxygen atoms in total. The van der Waals surface area contributed by atoms with Gasteiger partial charge in [-0.05, 0) is 49.4 Å². The molecule has 0 spiro atoms. The Morgan fingerprint density at radius 3 is 2.65 bits per heavy atom. The zero-order valence-electron chi connectivity index (χ0n) is 11.9. The first-order valence-electron chi connectivity index (χ1n) is 7.79. The molecule has 2 aliphatic carbocycles. The fourth-order valence-electron chi connectivity index (χ4n) is 4.20. The summed E-state index contributed by atoms with van der Waals surface area (Å²) in [5.41, 5.74) is 2.13. The van der Waals surface area contributed by atoms with Gasteiger partial charge >= 0.3 is 0 Å². The highest BCUT2D eigenvalue weighted by Crippen LogP contribution is 2.50. The quantitative estimate of drug-likeness (QED) is 0.401. The standard InChI is InChI=1S/C17H30/c1-14-9-6-7-11-16(13-14)17(3)12-8-4-5-10-15(17)2/h15-16H,1,4-13H2,2-3H3. The molecule has 0 heterocycles. The summed E-state index contributed by atoms with van der Waals surface area (Å²) in [5, 5.41) is 0. The summed E-state index contributed by atoms with van der Waals surface area (Å²) >= 11 is 0. The molecule has 0 bridgehead atoms. The van der Waals surface area contributed by atoms with Gasteiger partial charge in [-0.2, -0.15) is 0 Å². The van der Waals surface area contributed by atoms with Crippen LogP contribution in [0.1, 0.15) is 78.1 Å². The molecule has 2 aliphatic rings. The third-order valence-electron chi connectivity index (χ3n) is 5.78. The lowest BCUT2D eigenvalue weighted by molar-refractivity contribution is 0.0854. The molecule has 98 valence electrons. The second-order valence-corrected chi connectivity index (χ2v) is 6.90. The van der Waals surface area contributed by atoms with Crippen molar-refractivity contribution >= 4 is 0 Å². The summed E-state index contributed by atoms with van der Waals surface area (Å²) in [6.45, 7) is 9.40. The Bertz CT molecular complexity index is 265. The van der Waals surface area contributed by atoms with Gasteiger partial charge in [0.2, 0.25) is 0 Å². The number of hydrogen-bond acceptors (Lipinski definition) is 0. The van der Waals surface area contributed by atoms with Crippen LogP contribution in [0.3, 0.4) is 0 Å². The lowest BCUT2D eigenvalue weighted by atomic mass is 9.63. The minimum atomic E-state index is 0.601. The monoisotopic (exact) mass is 234 g/mol. The van der Waals surface area contributed by atoms with Crippen LogP contribution in [0.5, 0.6) is 0 Å². The van der Waals surface area contributed by atoms with Crippen molar-refractivity contribution in [3.8, 4) is 0 Å². The van der Waals surface area contributed by atoms with E-state index < -0.39 is 0 Å². The lowest BCUT2D eigenvalue weighted by Crippen LogP contribution is -2.33. The minimum absolute atomic E-state index is 0.601. The van der Waals surface area contributed by atoms with Crippen molar-refractivity contribution < 1.29 is 0 Å². The first-order valence-corrected chi connectivity index (χ1v) is 7.79. The molecule has 0 radical (unpaired) electrons. The van der Waals surface area contributed by atoms with E-state index in [0.717, 1.165) is 11.8 Å². The number of rotatable bonds is 1. The molecule has 0 aromatic carbocycles. The van der Waals surface area contributed by atoms with Crippen molar-refractivity contribution in [2.24, 2.45) is 17.3 Å². The molecule has 0 N–H and O–H groups in total. The SMILES string of the molecule is C=C1CCCCC(C2(C)CCCCCC2C)C1. The summed E-state index contributed by atoms with van der Waals surface area (Å²) in [6.07, 6.45) is 14.2. The van der Waals surface area contributed by atoms with Crippen LogP contribution in [0.2, 0.25) is 0 Å². The van der Waals surface area contributed by atoms with Crippen LogP contribution in [0, 0.1) is 17.3 Å². The van der Waals surface area contributed by atoms with Crippen LogP contribution in [-0.4, -0.2) is 0 Å². The Morgan fingerprint density at radius 1 is 1.06 bits per heavy atom. The summed E-state index contributed by atoms with van der Waals surface area (Å²) in [4.78, 5) is 0. The van der Waals surface area contributed by atoms with Gasteiger partial charge in [0.1, 0.15) is 0 Å². The van der Waals surface area contributed by atoms with Gasteiger partial charge in [-0.15, -0.1) is 0 Å². The van der Waals surface area contributed by atoms with Crippen molar-refractivity contribution in [2.75, 3.05) is 0 Å². The van der Waals surface area contributed by atoms with Crippen LogP contribution in [0.15, 0.2) is 12.2 Å². The Hall–Kier alpha value is -0.260. The summed E-state index contributed by atoms with van der Waals surface area (Å²) in [5.74, 6) is 1.84. The third-order valence-corrected chi connectivity index (χ3v) is 5.78. The largest absolute Gasteiger partial charge is 0.0999 e. The molecule has 3 atom stereocenters. The average molecular weight is 234 g/mol. The molecule has 2 fully saturated rings. The maximum absolute atomic E-state index is 4.30. The second-order valence-electron chi connectivity index (χ2n) is 6.90. The van der Waals surface area contributed by atoms with Gasteiger partial charge in [-0.3, -0.25) is 0 Å². The van der Waals surface area contributed by atoms with Crippen molar-refractivity contribution in [3.05, 3.63) is 12.2 Å². The van der Waals surface area contributed by atoms with E-state index in [1.54, 1.807) is 0 Å². The fraction of sp³-hybridized carbons (Fsp3) is 0.882. The van der Waals surface area contributed by atoms with Crippen molar-refractivity contribution in [3.63, 3.8) is 0 Å². The molecular weight excluding hydrogens is 204 g/mol. The average Bonchev–Trinajstić information content (AvgIpc) is 2.61. The van der Waals surface area contributed by atoms with Crippen LogP contribution in [-0.2, 0) is 0 Å². The summed E-state index contributed by atoms with van der Waals surface area (Å²) in [6, 6.07) is 0. The van der Waals surface area contributed by atoms with Gasteiger partial charge < -0.3 is 0 Å². The molecule has 2 rings (SSSR count). The van der Waals surface area contributed by atoms with Gasteiger partial charge in [0.15, 0.2) is 0 Å². The zero-order chi connectivity index (χ0) is 12.3. The molecule has 0 heteroatoms. The molecule has 3 unspecified atom stereocenters. The van der Waals surface area contributed by atoms with Crippen LogP contribution < -0.4 is 0 Å². The highest BCUT2D eigenvalue weighted by molar-refractivity contribution is 5.02. The van der Waals surface area contributed by atoms with E-state index >= 15 is 0 Å². The Balaban J connectivity index is 2.12. The Kier molecular flexibility index (Phi) is 4.33. The molecular formula is C17H30. The Labute approximate surface area is 108 Å². The highest BCUT2D eigenvalue weighted by Gasteiger charge is 2.39. The van der Waals surface area contributed by atoms with E-state index in [1.807, 2.05) is 0 Å². The van der Waals surface area contributed by atoms with Gasteiger partial charge in [0.25, 0.3) is 0 Å². The summed E-state index contributed by atoms with van der Waals surface area (Å²) in [7, 11) is 0. The molecule has 0 aromatic heterocycles. The van der Waals surface area contributed by atoms with E-state index in [9.17, 15) is 0 Å². The first kappa shape index (κ1) is 13.2. The second kappa shape index (κ2) is 5.59. The van der Waals surface area contributed by atoms with Gasteiger partial charge in [-0.1, -0.05) is 58.1 Å². The molecule has 0 aromatic rings. The molecule has 0 saturated heterocycles. The van der Waals surface area contributed by atoms with Gasteiger partial charge in [0, 0.05) is 0 Å². The van der Waals surface area contributed by atoms with Crippen LogP contribution >= 0.6 is 0 Å². The molecule has 0 amide bonds. The van der Waals surface area contributed by atoms with E-state index in [2.05, 4.69) is 20.4 Å². The van der Waals surface area contributed by atoms with Crippen LogP contribution in [0.25, 0.3) is 0 Å². The van der Waals surface area contributed by atoms with Crippen molar-refractivity contribution in [1.29, 1.82) is 0 Å². The van der Waals surface area contributed by atoms with Gasteiger partial charge in [0.05, 0.1) is 0 Å². The topological polar surface area (TPSA) is 0 Å². The Morgan fingerprint density at radius 2 is 1.82 bits per heavy atom. The van der Waals surface area contributed by atoms with E-state index in [4.69, 9.17) is 0 Å². The fourth-order valence-corrected chi connectivity index (χ4v) is 4.20. The summed E-state index contributed by atoms with van der Waals surface area (Å²) < 4.78 is 0. The smallest absolute Gasteiger partial charge is 0.0269 e. The normalized spacial score (nSPS) is 40.7. The van der Waals surface area contributed by atoms with Crippen molar-refractivity contribution in [1.82, 2.24) is 0 Å². The van der Waals surface area contributed by atoms with Crippen molar-refractivity contribution in [2.45, 2.75) is 78.1 Å². The van der Waals surface area contributed by atoms with Gasteiger partial charge in [-0.25, -0.2) is 0 Å². The maximum Gasteiger partial charge on any atom is -0.0269 e. The first-order chi connectivity index (χ1) is 8.13. The number of allylic oxidation sites excluding steroid dienone is 1. The minimum Gasteiger partial charge on any atom is -0.0999 e. The zero-order valence-corrected chi connectivity index (χ0v) is 11.9. The number of hydrogen-bond donors (Lipinski definition) is 0. The predicted molar refractivity (Wildman–Crippen MR) is 76.1 cm³/mol. The van der Waals surface area contributed by atoms with E-state index in [0.29, 0.717) is 5.41 Å². The lowest BCUT2D eigenvalue weighted by Gasteiger charge is -2.42. The molecule has 0 aliphatic heterocycles. The van der Waals surface area contributed by atoms with E-state index in [1.165, 1.54) is 69.8 Å². The van der Waals surface area contributed by atoms with Crippen LogP contribution in [0.4, 0.5) is 0 Å². The highest BCUT2D eigenvalue weighted by atomic mass is 14.4. The third kappa shape index (κ3) is 2.95. The molecule has 17 heavy (non-hydrogen) atoms. The maximum atomic E-state index is 4.30. The van der Waals surface area contributed by atoms with E-state index in [-0.39, 0.29) is 0 Å².